The number of aliphatic hydroxyl groups excluding tert-OH is 2. The smallest absolute Gasteiger partial charge is 0.220 e. The third kappa shape index (κ3) is 4.46. The molecule has 2 aromatic heterocycles. The monoisotopic (exact) mass is 472 g/mol. The van der Waals surface area contributed by atoms with Crippen molar-refractivity contribution >= 4 is 17.2 Å². The first-order valence-electron chi connectivity index (χ1n) is 11.8. The number of likely N-dealkylation sites (N-methyl/N-ethyl adjacent to an activating group) is 1. The molecule has 33 heavy (non-hydrogen) atoms. The lowest BCUT2D eigenvalue weighted by molar-refractivity contribution is -0.144. The topological polar surface area (TPSA) is 98.6 Å². The Kier molecular flexibility index (Phi) is 6.92. The molecule has 1 amide bonds. The lowest BCUT2D eigenvalue weighted by atomic mass is 9.47. The van der Waals surface area contributed by atoms with Crippen molar-refractivity contribution in [3.05, 3.63) is 35.1 Å². The number of nitrogens with zero attached hydrogens (tertiary/aromatic N) is 3. The van der Waals surface area contributed by atoms with Crippen molar-refractivity contribution in [2.45, 2.75) is 51.6 Å². The SMILES string of the molecule is CN(C)CCNC(=O)C[C@@H]1c2nc(-c3cccnc3)sc2C[C@@H]2[C@](C)(CO)[C@H](O)CC[C@]21C. The minimum atomic E-state index is -0.608. The summed E-state index contributed by atoms with van der Waals surface area (Å²) >= 11 is 1.66. The summed E-state index contributed by atoms with van der Waals surface area (Å²) in [7, 11) is 3.98. The van der Waals surface area contributed by atoms with Crippen molar-refractivity contribution in [1.29, 1.82) is 0 Å². The van der Waals surface area contributed by atoms with Gasteiger partial charge >= 0.3 is 0 Å². The molecule has 8 heteroatoms. The molecule has 0 bridgehead atoms. The van der Waals surface area contributed by atoms with Crippen LogP contribution in [0.15, 0.2) is 24.5 Å². The van der Waals surface area contributed by atoms with Gasteiger partial charge in [0.2, 0.25) is 5.91 Å². The molecule has 0 unspecified atom stereocenters. The highest BCUT2D eigenvalue weighted by molar-refractivity contribution is 7.15. The normalized spacial score (nSPS) is 31.2. The zero-order valence-electron chi connectivity index (χ0n) is 20.0. The molecule has 2 heterocycles. The first-order chi connectivity index (χ1) is 15.7. The molecule has 5 atom stereocenters. The van der Waals surface area contributed by atoms with Crippen LogP contribution in [0.1, 0.15) is 49.6 Å². The van der Waals surface area contributed by atoms with E-state index in [1.165, 1.54) is 0 Å². The van der Waals surface area contributed by atoms with Crippen LogP contribution >= 0.6 is 11.3 Å². The van der Waals surface area contributed by atoms with Crippen molar-refractivity contribution in [2.75, 3.05) is 33.8 Å². The Hall–Kier alpha value is -1.87. The number of aromatic nitrogens is 2. The number of pyridine rings is 1. The van der Waals surface area contributed by atoms with E-state index in [2.05, 4.69) is 17.2 Å². The molecular weight excluding hydrogens is 436 g/mol. The predicted molar refractivity (Wildman–Crippen MR) is 130 cm³/mol. The Morgan fingerprint density at radius 2 is 2.15 bits per heavy atom. The van der Waals surface area contributed by atoms with Gasteiger partial charge in [0.05, 0.1) is 18.4 Å². The number of thiazole rings is 1. The molecule has 0 radical (unpaired) electrons. The highest BCUT2D eigenvalue weighted by atomic mass is 32.1. The van der Waals surface area contributed by atoms with E-state index in [0.717, 1.165) is 40.5 Å². The molecule has 1 fully saturated rings. The number of nitrogens with one attached hydrogen (secondary N) is 1. The number of amides is 1. The van der Waals surface area contributed by atoms with Gasteiger partial charge in [0.1, 0.15) is 5.01 Å². The van der Waals surface area contributed by atoms with E-state index in [1.54, 1.807) is 17.5 Å². The zero-order chi connectivity index (χ0) is 23.8. The van der Waals surface area contributed by atoms with E-state index in [0.29, 0.717) is 19.4 Å². The molecule has 0 aliphatic heterocycles. The molecule has 7 nitrogen and oxygen atoms in total. The summed E-state index contributed by atoms with van der Waals surface area (Å²) in [6.45, 7) is 5.57. The maximum Gasteiger partial charge on any atom is 0.220 e. The van der Waals surface area contributed by atoms with E-state index >= 15 is 0 Å². The third-order valence-corrected chi connectivity index (χ3v) is 9.22. The molecule has 4 rings (SSSR count). The van der Waals surface area contributed by atoms with Crippen molar-refractivity contribution in [1.82, 2.24) is 20.2 Å². The van der Waals surface area contributed by atoms with Crippen molar-refractivity contribution in [3.8, 4) is 10.6 Å². The molecular formula is C25H36N4O3S. The van der Waals surface area contributed by atoms with Gasteiger partial charge in [-0.1, -0.05) is 13.8 Å². The summed E-state index contributed by atoms with van der Waals surface area (Å²) in [6, 6.07) is 3.92. The van der Waals surface area contributed by atoms with Gasteiger partial charge in [-0.2, -0.15) is 0 Å². The number of hydrogen-bond acceptors (Lipinski definition) is 7. The second-order valence-corrected chi connectivity index (χ2v) is 11.5. The van der Waals surface area contributed by atoms with Crippen molar-refractivity contribution in [2.24, 2.45) is 16.7 Å². The van der Waals surface area contributed by atoms with E-state index in [-0.39, 0.29) is 29.8 Å². The Balaban J connectivity index is 1.72. The summed E-state index contributed by atoms with van der Waals surface area (Å²) in [4.78, 5) is 25.5. The van der Waals surface area contributed by atoms with E-state index in [1.807, 2.05) is 44.2 Å². The molecule has 180 valence electrons. The summed E-state index contributed by atoms with van der Waals surface area (Å²) in [5.74, 6) is 0.0288. The van der Waals surface area contributed by atoms with Gasteiger partial charge < -0.3 is 20.4 Å². The fourth-order valence-corrected chi connectivity index (χ4v) is 7.09. The molecule has 2 aromatic rings. The van der Waals surface area contributed by atoms with Gasteiger partial charge in [-0.05, 0) is 56.8 Å². The van der Waals surface area contributed by atoms with Crippen LogP contribution in [0.2, 0.25) is 0 Å². The van der Waals surface area contributed by atoms with Gasteiger partial charge in [-0.25, -0.2) is 4.98 Å². The van der Waals surface area contributed by atoms with Gasteiger partial charge in [-0.15, -0.1) is 11.3 Å². The Morgan fingerprint density at radius 3 is 2.82 bits per heavy atom. The van der Waals surface area contributed by atoms with Crippen LogP contribution in [0.5, 0.6) is 0 Å². The highest BCUT2D eigenvalue weighted by Crippen LogP contribution is 2.62. The van der Waals surface area contributed by atoms with Gasteiger partial charge in [-0.3, -0.25) is 9.78 Å². The average Bonchev–Trinajstić information content (AvgIpc) is 3.22. The maximum absolute atomic E-state index is 13.0. The van der Waals surface area contributed by atoms with E-state index < -0.39 is 11.5 Å². The summed E-state index contributed by atoms with van der Waals surface area (Å²) in [5.41, 5.74) is 1.15. The Labute approximate surface area is 200 Å². The lowest BCUT2D eigenvalue weighted by Crippen LogP contribution is -2.57. The third-order valence-electron chi connectivity index (χ3n) is 8.07. The zero-order valence-corrected chi connectivity index (χ0v) is 20.9. The summed E-state index contributed by atoms with van der Waals surface area (Å²) in [6.07, 6.45) is 5.58. The maximum atomic E-state index is 13.0. The Bertz CT molecular complexity index is 981. The molecule has 1 saturated carbocycles. The van der Waals surface area contributed by atoms with Crippen molar-refractivity contribution in [3.63, 3.8) is 0 Å². The second-order valence-electron chi connectivity index (χ2n) is 10.5. The molecule has 0 aromatic carbocycles. The van der Waals surface area contributed by atoms with Crippen LogP contribution in [0.25, 0.3) is 10.6 Å². The first kappa shape index (κ1) is 24.3. The van der Waals surface area contributed by atoms with Crippen molar-refractivity contribution < 1.29 is 15.0 Å². The van der Waals surface area contributed by atoms with Gasteiger partial charge in [0, 0.05) is 53.7 Å². The fraction of sp³-hybridized carbons (Fsp3) is 0.640. The summed E-state index contributed by atoms with van der Waals surface area (Å²) < 4.78 is 0. The number of fused-ring (bicyclic) bond motifs is 2. The Morgan fingerprint density at radius 1 is 1.36 bits per heavy atom. The quantitative estimate of drug-likeness (QED) is 0.573. The lowest BCUT2D eigenvalue weighted by Gasteiger charge is -2.58. The highest BCUT2D eigenvalue weighted by Gasteiger charge is 2.59. The summed E-state index contributed by atoms with van der Waals surface area (Å²) in [5, 5.41) is 25.3. The van der Waals surface area contributed by atoms with E-state index in [4.69, 9.17) is 4.98 Å². The molecule has 2 aliphatic rings. The van der Waals surface area contributed by atoms with Crippen LogP contribution in [0.4, 0.5) is 0 Å². The number of hydrogen-bond donors (Lipinski definition) is 3. The molecule has 0 saturated heterocycles. The molecule has 2 aliphatic carbocycles. The van der Waals surface area contributed by atoms with Crippen LogP contribution in [0, 0.1) is 16.7 Å². The molecule has 3 N–H and O–H groups in total. The van der Waals surface area contributed by atoms with Crippen LogP contribution < -0.4 is 5.32 Å². The second kappa shape index (κ2) is 9.41. The first-order valence-corrected chi connectivity index (χ1v) is 12.6. The van der Waals surface area contributed by atoms with E-state index in [9.17, 15) is 15.0 Å². The van der Waals surface area contributed by atoms with Crippen LogP contribution in [-0.2, 0) is 11.2 Å². The predicted octanol–water partition coefficient (Wildman–Crippen LogP) is 2.69. The minimum Gasteiger partial charge on any atom is -0.396 e. The number of carbonyl (C=O) groups is 1. The largest absolute Gasteiger partial charge is 0.396 e. The number of rotatable bonds is 7. The number of aliphatic hydroxyl groups is 2. The van der Waals surface area contributed by atoms with Gasteiger partial charge in [0.25, 0.3) is 0 Å². The average molecular weight is 473 g/mol. The number of carbonyl (C=O) groups excluding carboxylic acids is 1. The van der Waals surface area contributed by atoms with Crippen LogP contribution in [0.3, 0.4) is 0 Å². The molecule has 0 spiro atoms. The van der Waals surface area contributed by atoms with Crippen LogP contribution in [-0.4, -0.2) is 70.9 Å². The standard InChI is InChI=1S/C25H36N4O3S/c1-24-8-7-20(31)25(2,15-30)19(24)13-18-22(17(24)12-21(32)27-10-11-29(3)4)28-23(33-18)16-6-5-9-26-14-16/h5-6,9,14,17,19-20,30-31H,7-8,10-13,15H2,1-4H3,(H,27,32)/t17-,19+,20-,24+,25+/m1/s1. The van der Waals surface area contributed by atoms with Gasteiger partial charge in [0.15, 0.2) is 0 Å². The fourth-order valence-electron chi connectivity index (χ4n) is 5.93. The minimum absolute atomic E-state index is 0.0300.